The lowest BCUT2D eigenvalue weighted by Crippen LogP contribution is -2.38. The van der Waals surface area contributed by atoms with Crippen LogP contribution in [-0.4, -0.2) is 41.8 Å². The Morgan fingerprint density at radius 1 is 1.42 bits per heavy atom. The second-order valence-electron chi connectivity index (χ2n) is 5.31. The van der Waals surface area contributed by atoms with E-state index in [4.69, 9.17) is 4.74 Å². The van der Waals surface area contributed by atoms with E-state index in [-0.39, 0.29) is 5.97 Å². The Kier molecular flexibility index (Phi) is 5.51. The van der Waals surface area contributed by atoms with Crippen LogP contribution in [0.15, 0.2) is 24.3 Å². The van der Waals surface area contributed by atoms with E-state index in [9.17, 15) is 9.90 Å². The molecular weight excluding hydrogens is 242 g/mol. The minimum atomic E-state index is -0.726. The third-order valence-electron chi connectivity index (χ3n) is 2.81. The number of nitrogens with zero attached hydrogens (tertiary/aromatic N) is 1. The normalized spacial score (nSPS) is 11.7. The first-order valence-corrected chi connectivity index (χ1v) is 6.47. The highest BCUT2D eigenvalue weighted by molar-refractivity contribution is 5.89. The van der Waals surface area contributed by atoms with Crippen LogP contribution < -0.4 is 0 Å². The summed E-state index contributed by atoms with van der Waals surface area (Å²) in [6.07, 6.45) is 0. The van der Waals surface area contributed by atoms with E-state index in [1.807, 2.05) is 18.2 Å². The highest BCUT2D eigenvalue weighted by Gasteiger charge is 2.17. The zero-order valence-corrected chi connectivity index (χ0v) is 12.1. The van der Waals surface area contributed by atoms with Crippen LogP contribution in [-0.2, 0) is 11.3 Å². The molecule has 0 amide bonds. The predicted molar refractivity (Wildman–Crippen MR) is 75.0 cm³/mol. The molecule has 0 aliphatic carbocycles. The number of carbonyl (C=O) groups excluding carboxylic acids is 1. The molecule has 0 spiro atoms. The molecule has 0 aliphatic heterocycles. The van der Waals surface area contributed by atoms with Gasteiger partial charge in [-0.3, -0.25) is 4.90 Å². The lowest BCUT2D eigenvalue weighted by molar-refractivity contribution is 0.0352. The van der Waals surface area contributed by atoms with Gasteiger partial charge in [-0.2, -0.15) is 0 Å². The molecule has 0 radical (unpaired) electrons. The van der Waals surface area contributed by atoms with Gasteiger partial charge in [0.25, 0.3) is 0 Å². The highest BCUT2D eigenvalue weighted by Crippen LogP contribution is 2.12. The van der Waals surface area contributed by atoms with Crippen molar-refractivity contribution >= 4 is 5.97 Å². The van der Waals surface area contributed by atoms with E-state index in [2.05, 4.69) is 11.8 Å². The number of hydrogen-bond acceptors (Lipinski definition) is 4. The number of benzene rings is 1. The van der Waals surface area contributed by atoms with E-state index >= 15 is 0 Å². The van der Waals surface area contributed by atoms with Crippen LogP contribution >= 0.6 is 0 Å². The fourth-order valence-electron chi connectivity index (χ4n) is 2.00. The standard InChI is InChI=1S/C15H23NO3/c1-5-16(11-15(2,3)18)10-12-7-6-8-13(9-12)14(17)19-4/h6-9,18H,5,10-11H2,1-4H3. The molecule has 0 atom stereocenters. The molecular formula is C15H23NO3. The Morgan fingerprint density at radius 2 is 2.11 bits per heavy atom. The first-order chi connectivity index (χ1) is 8.85. The summed E-state index contributed by atoms with van der Waals surface area (Å²) in [7, 11) is 1.38. The van der Waals surface area contributed by atoms with Gasteiger partial charge < -0.3 is 9.84 Å². The van der Waals surface area contributed by atoms with Gasteiger partial charge in [-0.25, -0.2) is 4.79 Å². The lowest BCUT2D eigenvalue weighted by Gasteiger charge is -2.28. The van der Waals surface area contributed by atoms with Gasteiger partial charge >= 0.3 is 5.97 Å². The maximum Gasteiger partial charge on any atom is 0.337 e. The predicted octanol–water partition coefficient (Wildman–Crippen LogP) is 2.07. The molecule has 106 valence electrons. The van der Waals surface area contributed by atoms with Gasteiger partial charge in [-0.05, 0) is 38.1 Å². The van der Waals surface area contributed by atoms with E-state index in [1.54, 1.807) is 19.9 Å². The van der Waals surface area contributed by atoms with Gasteiger partial charge in [0.2, 0.25) is 0 Å². The van der Waals surface area contributed by atoms with E-state index < -0.39 is 5.60 Å². The quantitative estimate of drug-likeness (QED) is 0.800. The van der Waals surface area contributed by atoms with Crippen LogP contribution in [0.5, 0.6) is 0 Å². The van der Waals surface area contributed by atoms with Crippen molar-refractivity contribution in [1.82, 2.24) is 4.90 Å². The largest absolute Gasteiger partial charge is 0.465 e. The Labute approximate surface area is 115 Å². The number of likely N-dealkylation sites (N-methyl/N-ethyl adjacent to an activating group) is 1. The van der Waals surface area contributed by atoms with E-state index in [0.717, 1.165) is 12.1 Å². The maximum atomic E-state index is 11.5. The van der Waals surface area contributed by atoms with Crippen molar-refractivity contribution in [2.75, 3.05) is 20.2 Å². The van der Waals surface area contributed by atoms with Gasteiger partial charge in [0.15, 0.2) is 0 Å². The molecule has 0 saturated heterocycles. The molecule has 0 fully saturated rings. The van der Waals surface area contributed by atoms with Crippen molar-refractivity contribution < 1.29 is 14.6 Å². The molecule has 0 aliphatic rings. The minimum Gasteiger partial charge on any atom is -0.465 e. The van der Waals surface area contributed by atoms with E-state index in [0.29, 0.717) is 18.7 Å². The summed E-state index contributed by atoms with van der Waals surface area (Å²) in [6.45, 7) is 7.76. The number of ether oxygens (including phenoxy) is 1. The molecule has 0 bridgehead atoms. The molecule has 1 aromatic rings. The van der Waals surface area contributed by atoms with Crippen molar-refractivity contribution in [3.05, 3.63) is 35.4 Å². The van der Waals surface area contributed by atoms with Crippen molar-refractivity contribution in [3.8, 4) is 0 Å². The molecule has 0 aromatic heterocycles. The average molecular weight is 265 g/mol. The lowest BCUT2D eigenvalue weighted by atomic mass is 10.1. The first-order valence-electron chi connectivity index (χ1n) is 6.47. The number of carbonyl (C=O) groups is 1. The van der Waals surface area contributed by atoms with Crippen molar-refractivity contribution in [2.45, 2.75) is 32.9 Å². The van der Waals surface area contributed by atoms with Gasteiger partial charge in [-0.1, -0.05) is 19.1 Å². The molecule has 4 nitrogen and oxygen atoms in total. The van der Waals surface area contributed by atoms with Crippen molar-refractivity contribution in [1.29, 1.82) is 0 Å². The Hall–Kier alpha value is -1.39. The van der Waals surface area contributed by atoms with Crippen molar-refractivity contribution in [2.24, 2.45) is 0 Å². The van der Waals surface area contributed by atoms with Gasteiger partial charge in [0, 0.05) is 13.1 Å². The number of hydrogen-bond donors (Lipinski definition) is 1. The monoisotopic (exact) mass is 265 g/mol. The number of esters is 1. The third-order valence-corrected chi connectivity index (χ3v) is 2.81. The SMILES string of the molecule is CCN(Cc1cccc(C(=O)OC)c1)CC(C)(C)O. The average Bonchev–Trinajstić information content (AvgIpc) is 2.35. The fourth-order valence-corrected chi connectivity index (χ4v) is 2.00. The van der Waals surface area contributed by atoms with Crippen molar-refractivity contribution in [3.63, 3.8) is 0 Å². The van der Waals surface area contributed by atoms with E-state index in [1.165, 1.54) is 7.11 Å². The Bertz CT molecular complexity index is 424. The number of methoxy groups -OCH3 is 1. The molecule has 1 rings (SSSR count). The molecule has 0 saturated carbocycles. The fraction of sp³-hybridized carbons (Fsp3) is 0.533. The first kappa shape index (κ1) is 15.7. The molecule has 0 unspecified atom stereocenters. The smallest absolute Gasteiger partial charge is 0.337 e. The summed E-state index contributed by atoms with van der Waals surface area (Å²) >= 11 is 0. The van der Waals surface area contributed by atoms with Crippen LogP contribution in [0.2, 0.25) is 0 Å². The molecule has 0 heterocycles. The Balaban J connectivity index is 2.77. The van der Waals surface area contributed by atoms with Gasteiger partial charge in [-0.15, -0.1) is 0 Å². The second kappa shape index (κ2) is 6.68. The Morgan fingerprint density at radius 3 is 2.63 bits per heavy atom. The molecule has 19 heavy (non-hydrogen) atoms. The van der Waals surface area contributed by atoms with Crippen LogP contribution in [0.3, 0.4) is 0 Å². The molecule has 1 aromatic carbocycles. The summed E-state index contributed by atoms with van der Waals surface area (Å²) < 4.78 is 4.71. The third kappa shape index (κ3) is 5.41. The van der Waals surface area contributed by atoms with Crippen LogP contribution in [0.25, 0.3) is 0 Å². The zero-order valence-electron chi connectivity index (χ0n) is 12.1. The summed E-state index contributed by atoms with van der Waals surface area (Å²) in [5, 5.41) is 9.86. The van der Waals surface area contributed by atoms with Crippen LogP contribution in [0.4, 0.5) is 0 Å². The maximum absolute atomic E-state index is 11.5. The number of rotatable bonds is 6. The summed E-state index contributed by atoms with van der Waals surface area (Å²) in [4.78, 5) is 13.6. The number of aliphatic hydroxyl groups is 1. The van der Waals surface area contributed by atoms with Crippen LogP contribution in [0.1, 0.15) is 36.7 Å². The highest BCUT2D eigenvalue weighted by atomic mass is 16.5. The topological polar surface area (TPSA) is 49.8 Å². The summed E-state index contributed by atoms with van der Waals surface area (Å²) in [6, 6.07) is 7.39. The molecule has 1 N–H and O–H groups in total. The van der Waals surface area contributed by atoms with Crippen LogP contribution in [0, 0.1) is 0 Å². The zero-order chi connectivity index (χ0) is 14.5. The molecule has 4 heteroatoms. The van der Waals surface area contributed by atoms with Gasteiger partial charge in [0.05, 0.1) is 18.3 Å². The summed E-state index contributed by atoms with van der Waals surface area (Å²) in [5.41, 5.74) is 0.865. The minimum absolute atomic E-state index is 0.326. The van der Waals surface area contributed by atoms with Gasteiger partial charge in [0.1, 0.15) is 0 Å². The summed E-state index contributed by atoms with van der Waals surface area (Å²) in [5.74, 6) is -0.326. The second-order valence-corrected chi connectivity index (χ2v) is 5.31.